The van der Waals surface area contributed by atoms with E-state index in [-0.39, 0.29) is 11.4 Å². The van der Waals surface area contributed by atoms with E-state index >= 15 is 0 Å². The zero-order chi connectivity index (χ0) is 12.9. The summed E-state index contributed by atoms with van der Waals surface area (Å²) in [6.07, 6.45) is 1.96. The van der Waals surface area contributed by atoms with Crippen molar-refractivity contribution in [2.24, 2.45) is 5.41 Å². The molecule has 1 aromatic carbocycles. The standard InChI is InChI=1S/C15H20O2/c1-5-17-14(16)13(11-15(2,3)4)12-9-7-6-8-10-12/h6-11H,5H2,1-4H3/b13-11-. The average Bonchev–Trinajstić information content (AvgIpc) is 2.26. The molecular weight excluding hydrogens is 212 g/mol. The monoisotopic (exact) mass is 232 g/mol. The molecule has 0 spiro atoms. The summed E-state index contributed by atoms with van der Waals surface area (Å²) in [7, 11) is 0. The van der Waals surface area contributed by atoms with Crippen LogP contribution in [0.1, 0.15) is 33.3 Å². The number of ether oxygens (including phenoxy) is 1. The fraction of sp³-hybridized carbons (Fsp3) is 0.400. The first kappa shape index (κ1) is 13.5. The lowest BCUT2D eigenvalue weighted by Gasteiger charge is -2.16. The molecule has 0 radical (unpaired) electrons. The molecule has 0 aromatic heterocycles. The molecule has 0 saturated carbocycles. The van der Waals surface area contributed by atoms with Crippen molar-refractivity contribution in [1.29, 1.82) is 0 Å². The smallest absolute Gasteiger partial charge is 0.338 e. The van der Waals surface area contributed by atoms with Gasteiger partial charge in [-0.15, -0.1) is 0 Å². The molecule has 1 rings (SSSR count). The molecule has 0 aliphatic heterocycles. The molecule has 0 atom stereocenters. The van der Waals surface area contributed by atoms with Crippen LogP contribution in [0.4, 0.5) is 0 Å². The molecule has 92 valence electrons. The van der Waals surface area contributed by atoms with Crippen molar-refractivity contribution in [2.45, 2.75) is 27.7 Å². The van der Waals surface area contributed by atoms with Crippen LogP contribution in [0.3, 0.4) is 0 Å². The summed E-state index contributed by atoms with van der Waals surface area (Å²) in [5.74, 6) is -0.256. The van der Waals surface area contributed by atoms with Crippen molar-refractivity contribution in [3.8, 4) is 0 Å². The maximum absolute atomic E-state index is 11.9. The Morgan fingerprint density at radius 2 is 1.82 bits per heavy atom. The van der Waals surface area contributed by atoms with E-state index in [0.29, 0.717) is 12.2 Å². The van der Waals surface area contributed by atoms with Crippen LogP contribution in [-0.2, 0) is 9.53 Å². The number of hydrogen-bond donors (Lipinski definition) is 0. The topological polar surface area (TPSA) is 26.3 Å². The second-order valence-electron chi connectivity index (χ2n) is 5.01. The van der Waals surface area contributed by atoms with Gasteiger partial charge in [-0.3, -0.25) is 0 Å². The van der Waals surface area contributed by atoms with Crippen LogP contribution in [0, 0.1) is 5.41 Å². The van der Waals surface area contributed by atoms with E-state index in [9.17, 15) is 4.79 Å². The van der Waals surface area contributed by atoms with Crippen LogP contribution in [0.25, 0.3) is 5.57 Å². The van der Waals surface area contributed by atoms with Crippen molar-refractivity contribution >= 4 is 11.5 Å². The Hall–Kier alpha value is -1.57. The Kier molecular flexibility index (Phi) is 4.50. The summed E-state index contributed by atoms with van der Waals surface area (Å²) in [5.41, 5.74) is 1.48. The molecule has 2 heteroatoms. The first-order valence-corrected chi connectivity index (χ1v) is 5.89. The Balaban J connectivity index is 3.12. The third-order valence-corrected chi connectivity index (χ3v) is 2.16. The summed E-state index contributed by atoms with van der Waals surface area (Å²) in [6.45, 7) is 8.41. The molecule has 1 aromatic rings. The van der Waals surface area contributed by atoms with Gasteiger partial charge in [-0.1, -0.05) is 57.2 Å². The Bertz CT molecular complexity index is 397. The van der Waals surface area contributed by atoms with Crippen LogP contribution < -0.4 is 0 Å². The molecule has 0 fully saturated rings. The molecule has 0 aliphatic carbocycles. The number of esters is 1. The van der Waals surface area contributed by atoms with E-state index < -0.39 is 0 Å². The average molecular weight is 232 g/mol. The minimum Gasteiger partial charge on any atom is -0.462 e. The molecule has 2 nitrogen and oxygen atoms in total. The van der Waals surface area contributed by atoms with Gasteiger partial charge >= 0.3 is 5.97 Å². The van der Waals surface area contributed by atoms with E-state index in [1.807, 2.05) is 43.3 Å². The van der Waals surface area contributed by atoms with Gasteiger partial charge in [0.1, 0.15) is 0 Å². The fourth-order valence-corrected chi connectivity index (χ4v) is 1.52. The Morgan fingerprint density at radius 3 is 2.29 bits per heavy atom. The highest BCUT2D eigenvalue weighted by atomic mass is 16.5. The largest absolute Gasteiger partial charge is 0.462 e. The summed E-state index contributed by atoms with van der Waals surface area (Å²) in [6, 6.07) is 9.63. The van der Waals surface area contributed by atoms with Crippen molar-refractivity contribution in [2.75, 3.05) is 6.61 Å². The minimum absolute atomic E-state index is 0.0576. The van der Waals surface area contributed by atoms with Crippen LogP contribution >= 0.6 is 0 Å². The highest BCUT2D eigenvalue weighted by molar-refractivity contribution is 6.16. The number of rotatable bonds is 3. The van der Waals surface area contributed by atoms with Gasteiger partial charge in [0.2, 0.25) is 0 Å². The summed E-state index contributed by atoms with van der Waals surface area (Å²) < 4.78 is 5.10. The third kappa shape index (κ3) is 4.43. The maximum Gasteiger partial charge on any atom is 0.338 e. The normalized spacial score (nSPS) is 12.4. The zero-order valence-electron chi connectivity index (χ0n) is 11.0. The van der Waals surface area contributed by atoms with Crippen LogP contribution in [-0.4, -0.2) is 12.6 Å². The van der Waals surface area contributed by atoms with E-state index in [1.165, 1.54) is 0 Å². The van der Waals surface area contributed by atoms with E-state index in [4.69, 9.17) is 4.74 Å². The highest BCUT2D eigenvalue weighted by Gasteiger charge is 2.17. The first-order valence-electron chi connectivity index (χ1n) is 5.89. The van der Waals surface area contributed by atoms with Crippen LogP contribution in [0.2, 0.25) is 0 Å². The molecule has 0 aliphatic rings. The van der Waals surface area contributed by atoms with Crippen molar-refractivity contribution in [3.05, 3.63) is 42.0 Å². The molecule has 0 unspecified atom stereocenters. The molecule has 0 N–H and O–H groups in total. The van der Waals surface area contributed by atoms with Gasteiger partial charge in [0.15, 0.2) is 0 Å². The van der Waals surface area contributed by atoms with Gasteiger partial charge in [0, 0.05) is 0 Å². The van der Waals surface area contributed by atoms with E-state index in [2.05, 4.69) is 20.8 Å². The predicted molar refractivity (Wildman–Crippen MR) is 70.5 cm³/mol. The Labute approximate surface area is 103 Å². The lowest BCUT2D eigenvalue weighted by Crippen LogP contribution is -2.11. The van der Waals surface area contributed by atoms with Crippen molar-refractivity contribution in [3.63, 3.8) is 0 Å². The van der Waals surface area contributed by atoms with Gasteiger partial charge in [-0.05, 0) is 17.9 Å². The molecule has 0 bridgehead atoms. The van der Waals surface area contributed by atoms with Gasteiger partial charge in [-0.25, -0.2) is 4.79 Å². The third-order valence-electron chi connectivity index (χ3n) is 2.16. The number of allylic oxidation sites excluding steroid dienone is 1. The molecule has 0 saturated heterocycles. The quantitative estimate of drug-likeness (QED) is 0.587. The van der Waals surface area contributed by atoms with Gasteiger partial charge < -0.3 is 4.74 Å². The van der Waals surface area contributed by atoms with Gasteiger partial charge in [-0.2, -0.15) is 0 Å². The minimum atomic E-state index is -0.256. The molecule has 17 heavy (non-hydrogen) atoms. The van der Waals surface area contributed by atoms with Crippen molar-refractivity contribution in [1.82, 2.24) is 0 Å². The van der Waals surface area contributed by atoms with Gasteiger partial charge in [0.25, 0.3) is 0 Å². The number of carbonyl (C=O) groups excluding carboxylic acids is 1. The van der Waals surface area contributed by atoms with Gasteiger partial charge in [0.05, 0.1) is 12.2 Å². The maximum atomic E-state index is 11.9. The number of carbonyl (C=O) groups is 1. The van der Waals surface area contributed by atoms with E-state index in [0.717, 1.165) is 5.56 Å². The second-order valence-corrected chi connectivity index (χ2v) is 5.01. The molecule has 0 amide bonds. The summed E-state index contributed by atoms with van der Waals surface area (Å²) in [5, 5.41) is 0. The first-order chi connectivity index (χ1) is 7.94. The lowest BCUT2D eigenvalue weighted by atomic mass is 9.91. The predicted octanol–water partition coefficient (Wildman–Crippen LogP) is 3.68. The fourth-order valence-electron chi connectivity index (χ4n) is 1.52. The highest BCUT2D eigenvalue weighted by Crippen LogP contribution is 2.24. The second kappa shape index (κ2) is 5.67. The summed E-state index contributed by atoms with van der Waals surface area (Å²) in [4.78, 5) is 11.9. The number of benzene rings is 1. The van der Waals surface area contributed by atoms with Crippen molar-refractivity contribution < 1.29 is 9.53 Å². The SMILES string of the molecule is CCOC(=O)/C(=C\C(C)(C)C)c1ccccc1. The van der Waals surface area contributed by atoms with E-state index in [1.54, 1.807) is 0 Å². The lowest BCUT2D eigenvalue weighted by molar-refractivity contribution is -0.136. The zero-order valence-corrected chi connectivity index (χ0v) is 11.0. The number of hydrogen-bond acceptors (Lipinski definition) is 2. The Morgan fingerprint density at radius 1 is 1.24 bits per heavy atom. The molecule has 0 heterocycles. The molecular formula is C15H20O2. The van der Waals surface area contributed by atoms with Crippen LogP contribution in [0.5, 0.6) is 0 Å². The summed E-state index contributed by atoms with van der Waals surface area (Å²) >= 11 is 0. The van der Waals surface area contributed by atoms with Crippen LogP contribution in [0.15, 0.2) is 36.4 Å².